The van der Waals surface area contributed by atoms with Crippen molar-refractivity contribution in [1.29, 1.82) is 0 Å². The summed E-state index contributed by atoms with van der Waals surface area (Å²) in [5.74, 6) is -0.159. The number of nitrogens with one attached hydrogen (secondary N) is 1. The summed E-state index contributed by atoms with van der Waals surface area (Å²) in [5, 5.41) is 2.67. The number of nitrogens with zero attached hydrogens (tertiary/aromatic N) is 1. The van der Waals surface area contributed by atoms with Gasteiger partial charge in [0.05, 0.1) is 11.9 Å². The molecule has 1 rings (SSSR count). The van der Waals surface area contributed by atoms with Crippen LogP contribution in [0.5, 0.6) is 5.88 Å². The fourth-order valence-corrected chi connectivity index (χ4v) is 0.875. The average molecular weight is 219 g/mol. The molecule has 76 valence electrons. The minimum absolute atomic E-state index is 0.0781. The molecule has 0 amide bonds. The number of rotatable bonds is 3. The fourth-order valence-electron chi connectivity index (χ4n) is 0.757. The predicted octanol–water partition coefficient (Wildman–Crippen LogP) is 1.34. The molecule has 0 radical (unpaired) electrons. The molecule has 14 heavy (non-hydrogen) atoms. The van der Waals surface area contributed by atoms with Crippen molar-refractivity contribution in [2.24, 2.45) is 5.73 Å². The number of pyridine rings is 1. The fraction of sp³-hybridized carbons (Fsp3) is 0.143. The lowest BCUT2D eigenvalue weighted by atomic mass is 10.4. The maximum Gasteiger partial charge on any atom is 0.388 e. The molecule has 0 fully saturated rings. The summed E-state index contributed by atoms with van der Waals surface area (Å²) in [7, 11) is 0. The SMILES string of the molecule is NC(=S)Nc1ccc(OC(F)F)nc1. The zero-order chi connectivity index (χ0) is 10.6. The first-order valence-electron chi connectivity index (χ1n) is 3.55. The number of halogens is 2. The largest absolute Gasteiger partial charge is 0.417 e. The first-order chi connectivity index (χ1) is 6.58. The van der Waals surface area contributed by atoms with Gasteiger partial charge in [-0.2, -0.15) is 8.78 Å². The number of thiocarbonyl (C=S) groups is 1. The van der Waals surface area contributed by atoms with Gasteiger partial charge in [0.2, 0.25) is 5.88 Å². The van der Waals surface area contributed by atoms with Gasteiger partial charge in [0, 0.05) is 6.07 Å². The molecule has 1 aromatic rings. The third-order valence-corrected chi connectivity index (χ3v) is 1.32. The molecule has 0 aliphatic heterocycles. The van der Waals surface area contributed by atoms with Crippen LogP contribution in [-0.4, -0.2) is 16.7 Å². The van der Waals surface area contributed by atoms with Gasteiger partial charge < -0.3 is 15.8 Å². The summed E-state index contributed by atoms with van der Waals surface area (Å²) in [4.78, 5) is 3.59. The normalized spacial score (nSPS) is 9.93. The van der Waals surface area contributed by atoms with Crippen LogP contribution in [0.3, 0.4) is 0 Å². The average Bonchev–Trinajstić information content (AvgIpc) is 2.06. The van der Waals surface area contributed by atoms with E-state index in [2.05, 4.69) is 27.3 Å². The molecular weight excluding hydrogens is 212 g/mol. The molecule has 0 unspecified atom stereocenters. The second-order valence-electron chi connectivity index (χ2n) is 2.25. The van der Waals surface area contributed by atoms with Crippen LogP contribution in [0.4, 0.5) is 14.5 Å². The van der Waals surface area contributed by atoms with Gasteiger partial charge in [-0.05, 0) is 18.3 Å². The molecule has 0 saturated carbocycles. The lowest BCUT2D eigenvalue weighted by molar-refractivity contribution is -0.0528. The molecule has 0 aliphatic rings. The second-order valence-corrected chi connectivity index (χ2v) is 2.69. The van der Waals surface area contributed by atoms with E-state index >= 15 is 0 Å². The van der Waals surface area contributed by atoms with Crippen LogP contribution < -0.4 is 15.8 Å². The number of ether oxygens (including phenoxy) is 1. The zero-order valence-corrected chi connectivity index (χ0v) is 7.72. The van der Waals surface area contributed by atoms with E-state index in [4.69, 9.17) is 5.73 Å². The number of aromatic nitrogens is 1. The highest BCUT2D eigenvalue weighted by molar-refractivity contribution is 7.80. The molecule has 7 heteroatoms. The van der Waals surface area contributed by atoms with Crippen LogP contribution in [0.2, 0.25) is 0 Å². The maximum atomic E-state index is 11.7. The molecule has 0 atom stereocenters. The maximum absolute atomic E-state index is 11.7. The van der Waals surface area contributed by atoms with Crippen molar-refractivity contribution < 1.29 is 13.5 Å². The van der Waals surface area contributed by atoms with E-state index in [0.29, 0.717) is 5.69 Å². The Labute approximate surface area is 84.1 Å². The van der Waals surface area contributed by atoms with Crippen molar-refractivity contribution in [2.75, 3.05) is 5.32 Å². The van der Waals surface area contributed by atoms with Crippen molar-refractivity contribution in [3.05, 3.63) is 18.3 Å². The van der Waals surface area contributed by atoms with E-state index in [9.17, 15) is 8.78 Å². The first kappa shape index (κ1) is 10.6. The van der Waals surface area contributed by atoms with Crippen molar-refractivity contribution in [3.63, 3.8) is 0 Å². The molecule has 0 aromatic carbocycles. The lowest BCUT2D eigenvalue weighted by Crippen LogP contribution is -2.18. The summed E-state index contributed by atoms with van der Waals surface area (Å²) < 4.78 is 27.5. The smallest absolute Gasteiger partial charge is 0.388 e. The lowest BCUT2D eigenvalue weighted by Gasteiger charge is -2.05. The van der Waals surface area contributed by atoms with Gasteiger partial charge in [-0.25, -0.2) is 4.98 Å². The van der Waals surface area contributed by atoms with E-state index in [1.165, 1.54) is 18.3 Å². The van der Waals surface area contributed by atoms with Gasteiger partial charge in [-0.15, -0.1) is 0 Å². The number of anilines is 1. The summed E-state index contributed by atoms with van der Waals surface area (Å²) in [6.45, 7) is -2.88. The molecule has 0 saturated heterocycles. The summed E-state index contributed by atoms with van der Waals surface area (Å²) in [5.41, 5.74) is 5.70. The number of hydrogen-bond donors (Lipinski definition) is 2. The van der Waals surface area contributed by atoms with Crippen molar-refractivity contribution in [2.45, 2.75) is 6.61 Å². The Morgan fingerprint density at radius 2 is 2.29 bits per heavy atom. The van der Waals surface area contributed by atoms with Crippen LogP contribution >= 0.6 is 12.2 Å². The quantitative estimate of drug-likeness (QED) is 0.751. The minimum atomic E-state index is -2.88. The summed E-state index contributed by atoms with van der Waals surface area (Å²) in [6.07, 6.45) is 1.29. The highest BCUT2D eigenvalue weighted by atomic mass is 32.1. The second kappa shape index (κ2) is 4.66. The third kappa shape index (κ3) is 3.48. The summed E-state index contributed by atoms with van der Waals surface area (Å²) in [6, 6.07) is 2.76. The van der Waals surface area contributed by atoms with E-state index in [-0.39, 0.29) is 11.0 Å². The van der Waals surface area contributed by atoms with Gasteiger partial charge in [0.1, 0.15) is 0 Å². The Morgan fingerprint density at radius 3 is 2.71 bits per heavy atom. The Bertz CT molecular complexity index is 317. The highest BCUT2D eigenvalue weighted by Gasteiger charge is 2.04. The van der Waals surface area contributed by atoms with E-state index in [1.54, 1.807) is 0 Å². The predicted molar refractivity (Wildman–Crippen MR) is 51.3 cm³/mol. The van der Waals surface area contributed by atoms with Gasteiger partial charge >= 0.3 is 6.61 Å². The molecular formula is C7H7F2N3OS. The van der Waals surface area contributed by atoms with Crippen LogP contribution in [0.25, 0.3) is 0 Å². The van der Waals surface area contributed by atoms with Crippen molar-refractivity contribution in [1.82, 2.24) is 4.98 Å². The molecule has 1 heterocycles. The first-order valence-corrected chi connectivity index (χ1v) is 3.96. The Balaban J connectivity index is 2.63. The van der Waals surface area contributed by atoms with Gasteiger partial charge in [0.25, 0.3) is 0 Å². The number of hydrogen-bond acceptors (Lipinski definition) is 3. The molecule has 0 spiro atoms. The van der Waals surface area contributed by atoms with E-state index < -0.39 is 6.61 Å². The summed E-state index contributed by atoms with van der Waals surface area (Å²) >= 11 is 4.57. The topological polar surface area (TPSA) is 60.2 Å². The molecule has 4 nitrogen and oxygen atoms in total. The van der Waals surface area contributed by atoms with Crippen molar-refractivity contribution >= 4 is 23.0 Å². The molecule has 0 bridgehead atoms. The van der Waals surface area contributed by atoms with Gasteiger partial charge in [0.15, 0.2) is 5.11 Å². The third-order valence-electron chi connectivity index (χ3n) is 1.21. The number of nitrogens with two attached hydrogens (primary N) is 1. The van der Waals surface area contributed by atoms with Crippen LogP contribution in [0.15, 0.2) is 18.3 Å². The highest BCUT2D eigenvalue weighted by Crippen LogP contribution is 2.13. The van der Waals surface area contributed by atoms with Crippen LogP contribution in [0.1, 0.15) is 0 Å². The van der Waals surface area contributed by atoms with Crippen LogP contribution in [-0.2, 0) is 0 Å². The van der Waals surface area contributed by atoms with Gasteiger partial charge in [-0.1, -0.05) is 0 Å². The Morgan fingerprint density at radius 1 is 1.57 bits per heavy atom. The Kier molecular flexibility index (Phi) is 3.52. The zero-order valence-electron chi connectivity index (χ0n) is 6.91. The minimum Gasteiger partial charge on any atom is -0.417 e. The monoisotopic (exact) mass is 219 g/mol. The standard InChI is InChI=1S/C7H7F2N3OS/c8-6(9)13-5-2-1-4(3-11-5)12-7(10)14/h1-3,6H,(H3,10,12,14). The van der Waals surface area contributed by atoms with E-state index in [0.717, 1.165) is 0 Å². The molecule has 1 aromatic heterocycles. The Hall–Kier alpha value is -1.50. The van der Waals surface area contributed by atoms with Gasteiger partial charge in [-0.3, -0.25) is 0 Å². The number of alkyl halides is 2. The molecule has 3 N–H and O–H groups in total. The van der Waals surface area contributed by atoms with Crippen LogP contribution in [0, 0.1) is 0 Å². The molecule has 0 aliphatic carbocycles. The van der Waals surface area contributed by atoms with Crippen molar-refractivity contribution in [3.8, 4) is 5.88 Å². The van der Waals surface area contributed by atoms with E-state index in [1.807, 2.05) is 0 Å².